The molecule has 0 unspecified atom stereocenters. The van der Waals surface area contributed by atoms with Crippen LogP contribution in [0.1, 0.15) is 12.8 Å². The van der Waals surface area contributed by atoms with Gasteiger partial charge in [-0.15, -0.1) is 0 Å². The highest BCUT2D eigenvalue weighted by atomic mass is 35.5. The zero-order valence-electron chi connectivity index (χ0n) is 8.40. The average molecular weight is 262 g/mol. The van der Waals surface area contributed by atoms with Crippen LogP contribution in [0.25, 0.3) is 0 Å². The molecule has 88 valence electrons. The third kappa shape index (κ3) is 3.01. The molecule has 0 atom stereocenters. The number of nitrogens with two attached hydrogens (primary N) is 1. The van der Waals surface area contributed by atoms with Gasteiger partial charge in [-0.3, -0.25) is 4.72 Å². The van der Waals surface area contributed by atoms with Crippen LogP contribution in [0.5, 0.6) is 0 Å². The van der Waals surface area contributed by atoms with E-state index in [4.69, 9.17) is 17.3 Å². The summed E-state index contributed by atoms with van der Waals surface area (Å²) in [7, 11) is -3.53. The summed E-state index contributed by atoms with van der Waals surface area (Å²) in [6.45, 7) is 0. The van der Waals surface area contributed by atoms with Crippen molar-refractivity contribution >= 4 is 33.2 Å². The molecular weight excluding hydrogens is 250 g/mol. The van der Waals surface area contributed by atoms with Crippen LogP contribution in [0, 0.1) is 0 Å². The van der Waals surface area contributed by atoms with Crippen LogP contribution < -0.4 is 15.2 Å². The normalized spacial score (nSPS) is 16.1. The molecule has 1 aliphatic rings. The molecule has 1 aromatic rings. The number of benzene rings is 1. The highest BCUT2D eigenvalue weighted by molar-refractivity contribution is 7.90. The molecule has 0 bridgehead atoms. The lowest BCUT2D eigenvalue weighted by Gasteiger charge is -2.10. The van der Waals surface area contributed by atoms with E-state index < -0.39 is 10.2 Å². The van der Waals surface area contributed by atoms with Gasteiger partial charge < -0.3 is 5.73 Å². The van der Waals surface area contributed by atoms with Crippen LogP contribution in [-0.2, 0) is 10.2 Å². The van der Waals surface area contributed by atoms with Crippen molar-refractivity contribution in [3.05, 3.63) is 23.2 Å². The molecule has 1 fully saturated rings. The van der Waals surface area contributed by atoms with E-state index in [9.17, 15) is 8.42 Å². The molecule has 1 aliphatic carbocycles. The summed E-state index contributed by atoms with van der Waals surface area (Å²) in [6.07, 6.45) is 1.77. The number of nitrogens with one attached hydrogen (secondary N) is 2. The molecule has 0 radical (unpaired) electrons. The molecule has 1 saturated carbocycles. The lowest BCUT2D eigenvalue weighted by molar-refractivity contribution is 0.586. The number of nitrogen functional groups attached to an aromatic ring is 1. The van der Waals surface area contributed by atoms with Crippen LogP contribution in [-0.4, -0.2) is 14.5 Å². The lowest BCUT2D eigenvalue weighted by Crippen LogP contribution is -2.32. The largest absolute Gasteiger partial charge is 0.397 e. The van der Waals surface area contributed by atoms with Gasteiger partial charge in [0, 0.05) is 11.1 Å². The quantitative estimate of drug-likeness (QED) is 0.715. The molecule has 0 aliphatic heterocycles. The van der Waals surface area contributed by atoms with Crippen molar-refractivity contribution in [2.24, 2.45) is 0 Å². The van der Waals surface area contributed by atoms with Crippen molar-refractivity contribution in [2.45, 2.75) is 18.9 Å². The summed E-state index contributed by atoms with van der Waals surface area (Å²) in [4.78, 5) is 0. The highest BCUT2D eigenvalue weighted by Gasteiger charge is 2.27. The third-order valence-corrected chi connectivity index (χ3v) is 3.52. The van der Waals surface area contributed by atoms with Gasteiger partial charge in [-0.05, 0) is 31.0 Å². The van der Waals surface area contributed by atoms with E-state index in [1.165, 1.54) is 12.1 Å². The zero-order valence-corrected chi connectivity index (χ0v) is 9.98. The van der Waals surface area contributed by atoms with E-state index in [-0.39, 0.29) is 6.04 Å². The zero-order chi connectivity index (χ0) is 11.8. The molecular formula is C9H12ClN3O2S. The van der Waals surface area contributed by atoms with Crippen molar-refractivity contribution in [2.75, 3.05) is 10.5 Å². The van der Waals surface area contributed by atoms with Crippen LogP contribution >= 0.6 is 11.6 Å². The maximum atomic E-state index is 11.6. The number of halogens is 1. The molecule has 0 saturated heterocycles. The number of rotatable bonds is 4. The fourth-order valence-corrected chi connectivity index (χ4v) is 2.61. The second-order valence-corrected chi connectivity index (χ2v) is 5.61. The van der Waals surface area contributed by atoms with Gasteiger partial charge in [0.15, 0.2) is 0 Å². The van der Waals surface area contributed by atoms with Crippen LogP contribution in [0.4, 0.5) is 11.4 Å². The summed E-state index contributed by atoms with van der Waals surface area (Å²) in [6, 6.07) is 4.67. The Morgan fingerprint density at radius 1 is 1.38 bits per heavy atom. The Kier molecular flexibility index (Phi) is 2.96. The molecule has 5 nitrogen and oxygen atoms in total. The summed E-state index contributed by atoms with van der Waals surface area (Å²) < 4.78 is 28.0. The first-order chi connectivity index (χ1) is 7.46. The van der Waals surface area contributed by atoms with Crippen molar-refractivity contribution in [1.29, 1.82) is 0 Å². The first-order valence-corrected chi connectivity index (χ1v) is 6.67. The van der Waals surface area contributed by atoms with E-state index in [0.717, 1.165) is 12.8 Å². The van der Waals surface area contributed by atoms with Crippen LogP contribution in [0.2, 0.25) is 5.02 Å². The number of hydrogen-bond donors (Lipinski definition) is 3. The van der Waals surface area contributed by atoms with Crippen molar-refractivity contribution in [3.8, 4) is 0 Å². The van der Waals surface area contributed by atoms with Crippen molar-refractivity contribution in [3.63, 3.8) is 0 Å². The van der Waals surface area contributed by atoms with Gasteiger partial charge in [0.05, 0.1) is 11.4 Å². The molecule has 0 amide bonds. The molecule has 0 aromatic heterocycles. The van der Waals surface area contributed by atoms with Gasteiger partial charge in [-0.25, -0.2) is 0 Å². The predicted molar refractivity (Wildman–Crippen MR) is 64.6 cm³/mol. The summed E-state index contributed by atoms with van der Waals surface area (Å²) >= 11 is 5.71. The SMILES string of the molecule is Nc1cc(Cl)ccc1NS(=O)(=O)NC1CC1. The Hall–Kier alpha value is -0.980. The molecule has 1 aromatic carbocycles. The minimum absolute atomic E-state index is 0.0611. The van der Waals surface area contributed by atoms with E-state index in [0.29, 0.717) is 16.4 Å². The molecule has 0 spiro atoms. The molecule has 7 heteroatoms. The molecule has 16 heavy (non-hydrogen) atoms. The molecule has 2 rings (SSSR count). The van der Waals surface area contributed by atoms with Gasteiger partial charge in [0.1, 0.15) is 0 Å². The second-order valence-electron chi connectivity index (χ2n) is 3.73. The van der Waals surface area contributed by atoms with Gasteiger partial charge in [0.2, 0.25) is 0 Å². The van der Waals surface area contributed by atoms with Gasteiger partial charge in [-0.2, -0.15) is 13.1 Å². The summed E-state index contributed by atoms with van der Waals surface area (Å²) in [5, 5.41) is 0.468. The minimum atomic E-state index is -3.53. The Morgan fingerprint density at radius 3 is 2.62 bits per heavy atom. The Morgan fingerprint density at radius 2 is 2.06 bits per heavy atom. The van der Waals surface area contributed by atoms with Gasteiger partial charge in [0.25, 0.3) is 10.2 Å². The van der Waals surface area contributed by atoms with Gasteiger partial charge in [-0.1, -0.05) is 11.6 Å². The Bertz CT molecular complexity index is 499. The molecule has 0 heterocycles. The van der Waals surface area contributed by atoms with Crippen molar-refractivity contribution < 1.29 is 8.42 Å². The average Bonchev–Trinajstić information content (AvgIpc) is 2.93. The third-order valence-electron chi connectivity index (χ3n) is 2.16. The minimum Gasteiger partial charge on any atom is -0.397 e. The summed E-state index contributed by atoms with van der Waals surface area (Å²) in [5.41, 5.74) is 6.27. The monoisotopic (exact) mass is 261 g/mol. The van der Waals surface area contributed by atoms with Crippen LogP contribution in [0.3, 0.4) is 0 Å². The standard InChI is InChI=1S/C9H12ClN3O2S/c10-6-1-4-9(8(11)5-6)13-16(14,15)12-7-2-3-7/h1,4-5,7,12-13H,2-3,11H2. The van der Waals surface area contributed by atoms with Gasteiger partial charge >= 0.3 is 0 Å². The fraction of sp³-hybridized carbons (Fsp3) is 0.333. The first kappa shape index (κ1) is 11.5. The first-order valence-electron chi connectivity index (χ1n) is 4.81. The maximum absolute atomic E-state index is 11.6. The number of hydrogen-bond acceptors (Lipinski definition) is 3. The van der Waals surface area contributed by atoms with Crippen molar-refractivity contribution in [1.82, 2.24) is 4.72 Å². The predicted octanol–water partition coefficient (Wildman–Crippen LogP) is 1.33. The Labute approximate surface area is 99.2 Å². The smallest absolute Gasteiger partial charge is 0.299 e. The fourth-order valence-electron chi connectivity index (χ4n) is 1.22. The molecule has 4 N–H and O–H groups in total. The number of anilines is 2. The topological polar surface area (TPSA) is 84.2 Å². The highest BCUT2D eigenvalue weighted by Crippen LogP contribution is 2.24. The summed E-state index contributed by atoms with van der Waals surface area (Å²) in [5.74, 6) is 0. The van der Waals surface area contributed by atoms with E-state index in [1.54, 1.807) is 6.07 Å². The van der Waals surface area contributed by atoms with E-state index in [1.807, 2.05) is 0 Å². The van der Waals surface area contributed by atoms with Crippen LogP contribution in [0.15, 0.2) is 18.2 Å². The second kappa shape index (κ2) is 4.12. The van der Waals surface area contributed by atoms with E-state index >= 15 is 0 Å². The Balaban J connectivity index is 2.13. The lowest BCUT2D eigenvalue weighted by atomic mass is 10.3. The van der Waals surface area contributed by atoms with E-state index in [2.05, 4.69) is 9.44 Å². The maximum Gasteiger partial charge on any atom is 0.299 e.